The van der Waals surface area contributed by atoms with Crippen LogP contribution >= 0.6 is 0 Å². The normalized spacial score (nSPS) is 11.2. The Kier molecular flexibility index (Phi) is 4.90. The second kappa shape index (κ2) is 7.89. The number of oxazole rings is 1. The maximum Gasteiger partial charge on any atom is 0.228 e. The van der Waals surface area contributed by atoms with Crippen LogP contribution in [0.3, 0.4) is 0 Å². The number of halogens is 1. The Balaban J connectivity index is 1.58. The molecule has 5 rings (SSSR count). The molecule has 0 aliphatic heterocycles. The van der Waals surface area contributed by atoms with Gasteiger partial charge in [-0.1, -0.05) is 42.0 Å². The van der Waals surface area contributed by atoms with Crippen molar-refractivity contribution in [2.75, 3.05) is 0 Å². The number of aromatic nitrogens is 3. The van der Waals surface area contributed by atoms with Crippen molar-refractivity contribution in [3.05, 3.63) is 107 Å². The highest BCUT2D eigenvalue weighted by atomic mass is 19.1. The van der Waals surface area contributed by atoms with Crippen LogP contribution in [0.2, 0.25) is 0 Å². The molecule has 0 atom stereocenters. The third-order valence-electron chi connectivity index (χ3n) is 5.44. The van der Waals surface area contributed by atoms with Gasteiger partial charge in [0.1, 0.15) is 17.3 Å². The van der Waals surface area contributed by atoms with Crippen LogP contribution in [0.4, 0.5) is 4.39 Å². The molecule has 6 heteroatoms. The van der Waals surface area contributed by atoms with Crippen LogP contribution in [0.25, 0.3) is 22.5 Å². The Labute approximate surface area is 184 Å². The van der Waals surface area contributed by atoms with Gasteiger partial charge >= 0.3 is 0 Å². The highest BCUT2D eigenvalue weighted by molar-refractivity contribution is 6.08. The summed E-state index contributed by atoms with van der Waals surface area (Å²) in [5.74, 6) is 0.618. The molecule has 2 heterocycles. The van der Waals surface area contributed by atoms with E-state index in [4.69, 9.17) is 9.40 Å². The first-order chi connectivity index (χ1) is 15.5. The zero-order valence-electron chi connectivity index (χ0n) is 17.7. The number of aryl methyl sites for hydroxylation is 2. The molecule has 0 saturated heterocycles. The van der Waals surface area contributed by atoms with Gasteiger partial charge in [-0.25, -0.2) is 14.4 Å². The standard InChI is InChI=1S/C26H20FN3O2/c1-16-10-12-18(13-11-16)26-29-22(17(2)32-26)15-30-23-9-4-3-8-21(23)28-25(30)24(31)19-6-5-7-20(27)14-19/h3-14H,15H2,1-2H3. The topological polar surface area (TPSA) is 60.9 Å². The maximum atomic E-state index is 13.7. The van der Waals surface area contributed by atoms with E-state index in [-0.39, 0.29) is 17.2 Å². The van der Waals surface area contributed by atoms with E-state index in [2.05, 4.69) is 4.98 Å². The van der Waals surface area contributed by atoms with Crippen molar-refractivity contribution in [3.63, 3.8) is 0 Å². The summed E-state index contributed by atoms with van der Waals surface area (Å²) in [4.78, 5) is 22.5. The summed E-state index contributed by atoms with van der Waals surface area (Å²) in [6, 6.07) is 21.1. The van der Waals surface area contributed by atoms with Gasteiger partial charge in [0.05, 0.1) is 17.6 Å². The number of hydrogen-bond donors (Lipinski definition) is 0. The molecule has 0 aliphatic rings. The molecule has 158 valence electrons. The first-order valence-corrected chi connectivity index (χ1v) is 10.3. The summed E-state index contributed by atoms with van der Waals surface area (Å²) in [6.45, 7) is 4.18. The van der Waals surface area contributed by atoms with Crippen molar-refractivity contribution < 1.29 is 13.6 Å². The Hall–Kier alpha value is -4.06. The molecule has 0 N–H and O–H groups in total. The van der Waals surface area contributed by atoms with Crippen LogP contribution in [0.5, 0.6) is 0 Å². The summed E-state index contributed by atoms with van der Waals surface area (Å²) < 4.78 is 21.5. The zero-order chi connectivity index (χ0) is 22.2. The molecule has 0 unspecified atom stereocenters. The van der Waals surface area contributed by atoms with E-state index in [9.17, 15) is 9.18 Å². The fourth-order valence-corrected chi connectivity index (χ4v) is 3.71. The van der Waals surface area contributed by atoms with Crippen LogP contribution in [-0.2, 0) is 6.54 Å². The van der Waals surface area contributed by atoms with Crippen molar-refractivity contribution in [3.8, 4) is 11.5 Å². The molecule has 0 spiro atoms. The molecule has 0 amide bonds. The Bertz CT molecular complexity index is 1450. The molecule has 0 saturated carbocycles. The number of fused-ring (bicyclic) bond motifs is 1. The van der Waals surface area contributed by atoms with E-state index < -0.39 is 5.82 Å². The lowest BCUT2D eigenvalue weighted by Crippen LogP contribution is -2.13. The quantitative estimate of drug-likeness (QED) is 0.338. The van der Waals surface area contributed by atoms with Crippen molar-refractivity contribution >= 4 is 16.8 Å². The van der Waals surface area contributed by atoms with Crippen LogP contribution in [0.15, 0.2) is 77.2 Å². The molecule has 32 heavy (non-hydrogen) atoms. The summed E-state index contributed by atoms with van der Waals surface area (Å²) >= 11 is 0. The Morgan fingerprint density at radius 1 is 0.969 bits per heavy atom. The molecule has 2 aromatic heterocycles. The first kappa shape index (κ1) is 19.9. The lowest BCUT2D eigenvalue weighted by molar-refractivity contribution is 0.102. The number of rotatable bonds is 5. The van der Waals surface area contributed by atoms with Crippen molar-refractivity contribution in [2.24, 2.45) is 0 Å². The van der Waals surface area contributed by atoms with Gasteiger partial charge < -0.3 is 8.98 Å². The van der Waals surface area contributed by atoms with Gasteiger partial charge in [-0.3, -0.25) is 4.79 Å². The maximum absolute atomic E-state index is 13.7. The number of hydrogen-bond acceptors (Lipinski definition) is 4. The molecule has 0 fully saturated rings. The predicted molar refractivity (Wildman–Crippen MR) is 120 cm³/mol. The fourth-order valence-electron chi connectivity index (χ4n) is 3.71. The van der Waals surface area contributed by atoms with E-state index in [0.717, 1.165) is 16.6 Å². The van der Waals surface area contributed by atoms with E-state index in [0.29, 0.717) is 29.4 Å². The number of imidazole rings is 1. The smallest absolute Gasteiger partial charge is 0.228 e. The minimum Gasteiger partial charge on any atom is -0.441 e. The molecular formula is C26H20FN3O2. The molecule has 0 aliphatic carbocycles. The number of benzene rings is 3. The third kappa shape index (κ3) is 3.60. The van der Waals surface area contributed by atoms with Crippen LogP contribution < -0.4 is 0 Å². The van der Waals surface area contributed by atoms with Gasteiger partial charge in [0.25, 0.3) is 0 Å². The highest BCUT2D eigenvalue weighted by Gasteiger charge is 2.22. The second-order valence-electron chi connectivity index (χ2n) is 7.74. The summed E-state index contributed by atoms with van der Waals surface area (Å²) in [6.07, 6.45) is 0. The highest BCUT2D eigenvalue weighted by Crippen LogP contribution is 2.25. The van der Waals surface area contributed by atoms with Crippen molar-refractivity contribution in [1.29, 1.82) is 0 Å². The van der Waals surface area contributed by atoms with E-state index in [1.165, 1.54) is 18.2 Å². The third-order valence-corrected chi connectivity index (χ3v) is 5.44. The number of carbonyl (C=O) groups is 1. The molecule has 5 aromatic rings. The summed E-state index contributed by atoms with van der Waals surface area (Å²) in [7, 11) is 0. The van der Waals surface area contributed by atoms with E-state index in [1.807, 2.05) is 66.9 Å². The van der Waals surface area contributed by atoms with Gasteiger partial charge in [-0.2, -0.15) is 0 Å². The summed E-state index contributed by atoms with van der Waals surface area (Å²) in [5.41, 5.74) is 4.48. The van der Waals surface area contributed by atoms with Crippen molar-refractivity contribution in [1.82, 2.24) is 14.5 Å². The van der Waals surface area contributed by atoms with Gasteiger partial charge in [0.15, 0.2) is 5.82 Å². The second-order valence-corrected chi connectivity index (χ2v) is 7.74. The van der Waals surface area contributed by atoms with Crippen LogP contribution in [0, 0.1) is 19.7 Å². The average molecular weight is 425 g/mol. The SMILES string of the molecule is Cc1ccc(-c2nc(Cn3c(C(=O)c4cccc(F)c4)nc4ccccc43)c(C)o2)cc1. The molecule has 3 aromatic carbocycles. The first-order valence-electron chi connectivity index (χ1n) is 10.3. The van der Waals surface area contributed by atoms with Gasteiger partial charge in [0, 0.05) is 11.1 Å². The lowest BCUT2D eigenvalue weighted by atomic mass is 10.1. The molecule has 0 radical (unpaired) electrons. The van der Waals surface area contributed by atoms with E-state index >= 15 is 0 Å². The largest absolute Gasteiger partial charge is 0.441 e. The number of ketones is 1. The fraction of sp³-hybridized carbons (Fsp3) is 0.115. The number of carbonyl (C=O) groups excluding carboxylic acids is 1. The monoisotopic (exact) mass is 425 g/mol. The predicted octanol–water partition coefficient (Wildman–Crippen LogP) is 5.73. The van der Waals surface area contributed by atoms with Crippen LogP contribution in [0.1, 0.15) is 33.2 Å². The van der Waals surface area contributed by atoms with Crippen molar-refractivity contribution in [2.45, 2.75) is 20.4 Å². The lowest BCUT2D eigenvalue weighted by Gasteiger charge is -2.07. The van der Waals surface area contributed by atoms with Gasteiger partial charge in [-0.15, -0.1) is 0 Å². The van der Waals surface area contributed by atoms with Gasteiger partial charge in [-0.05, 0) is 50.2 Å². The molecular weight excluding hydrogens is 405 g/mol. The van der Waals surface area contributed by atoms with E-state index in [1.54, 1.807) is 6.07 Å². The summed E-state index contributed by atoms with van der Waals surface area (Å²) in [5, 5.41) is 0. The Morgan fingerprint density at radius 2 is 1.75 bits per heavy atom. The average Bonchev–Trinajstić information content (AvgIpc) is 3.35. The van der Waals surface area contributed by atoms with Gasteiger partial charge in [0.2, 0.25) is 11.7 Å². The number of nitrogens with zero attached hydrogens (tertiary/aromatic N) is 3. The molecule has 0 bridgehead atoms. The number of para-hydroxylation sites is 2. The molecule has 5 nitrogen and oxygen atoms in total. The Morgan fingerprint density at radius 3 is 2.53 bits per heavy atom. The van der Waals surface area contributed by atoms with Crippen LogP contribution in [-0.4, -0.2) is 20.3 Å². The minimum absolute atomic E-state index is 0.232. The minimum atomic E-state index is -0.464. The zero-order valence-corrected chi connectivity index (χ0v) is 17.7.